The average molecular weight is 572 g/mol. The number of aromatic nitrogens is 2. The molecule has 2 aliphatic heterocycles. The van der Waals surface area contributed by atoms with Gasteiger partial charge in [-0.3, -0.25) is 14.5 Å². The topological polar surface area (TPSA) is 102 Å². The van der Waals surface area contributed by atoms with Gasteiger partial charge in [-0.25, -0.2) is 0 Å². The van der Waals surface area contributed by atoms with Gasteiger partial charge >= 0.3 is 5.91 Å². The van der Waals surface area contributed by atoms with Crippen LogP contribution in [-0.2, 0) is 21.8 Å². The highest BCUT2D eigenvalue weighted by Crippen LogP contribution is 2.45. The molecule has 0 saturated carbocycles. The highest BCUT2D eigenvalue weighted by atomic mass is 32.2. The normalized spacial score (nSPS) is 19.5. The zero-order chi connectivity index (χ0) is 27.8. The van der Waals surface area contributed by atoms with Crippen molar-refractivity contribution < 1.29 is 24.2 Å². The summed E-state index contributed by atoms with van der Waals surface area (Å²) >= 11 is 2.73. The molecule has 1 aromatic heterocycles. The summed E-state index contributed by atoms with van der Waals surface area (Å²) in [6.07, 6.45) is 0.722. The Balaban J connectivity index is 1.41. The number of fused-ring (bicyclic) bond motifs is 1. The van der Waals surface area contributed by atoms with Crippen LogP contribution in [0.2, 0.25) is 0 Å². The van der Waals surface area contributed by atoms with Gasteiger partial charge in [0.15, 0.2) is 4.34 Å². The summed E-state index contributed by atoms with van der Waals surface area (Å²) in [5.74, 6) is 0.187. The first kappa shape index (κ1) is 26.1. The molecule has 0 radical (unpaired) electrons. The number of rotatable bonds is 7. The highest BCUT2D eigenvalue weighted by Gasteiger charge is 2.48. The largest absolute Gasteiger partial charge is 0.507 e. The molecule has 0 spiro atoms. The second-order valence-electron chi connectivity index (χ2n) is 9.53. The molecule has 2 atom stereocenters. The lowest BCUT2D eigenvalue weighted by Crippen LogP contribution is -2.29. The van der Waals surface area contributed by atoms with Crippen molar-refractivity contribution in [2.24, 2.45) is 0 Å². The number of nitrogens with zero attached hydrogens (tertiary/aromatic N) is 3. The fraction of sp³-hybridized carbons (Fsp3) is 0.200. The summed E-state index contributed by atoms with van der Waals surface area (Å²) in [6.45, 7) is 1.97. The smallest absolute Gasteiger partial charge is 0.301 e. The van der Waals surface area contributed by atoms with E-state index in [2.05, 4.69) is 10.2 Å². The molecule has 6 rings (SSSR count). The van der Waals surface area contributed by atoms with Crippen molar-refractivity contribution in [3.05, 3.63) is 101 Å². The Labute approximate surface area is 239 Å². The van der Waals surface area contributed by atoms with Gasteiger partial charge in [-0.2, -0.15) is 0 Å². The fourth-order valence-corrected chi connectivity index (χ4v) is 6.78. The molecule has 3 aromatic carbocycles. The van der Waals surface area contributed by atoms with Gasteiger partial charge < -0.3 is 14.6 Å². The van der Waals surface area contributed by atoms with E-state index in [4.69, 9.17) is 9.47 Å². The maximum atomic E-state index is 13.5. The van der Waals surface area contributed by atoms with Crippen LogP contribution in [0.4, 0.5) is 5.13 Å². The second kappa shape index (κ2) is 10.8. The van der Waals surface area contributed by atoms with Crippen molar-refractivity contribution in [3.63, 3.8) is 0 Å². The van der Waals surface area contributed by atoms with Crippen molar-refractivity contribution in [1.29, 1.82) is 0 Å². The van der Waals surface area contributed by atoms with E-state index >= 15 is 0 Å². The predicted molar refractivity (Wildman–Crippen MR) is 154 cm³/mol. The molecule has 1 saturated heterocycles. The molecule has 2 aliphatic rings. The number of aliphatic hydroxyl groups is 1. The lowest BCUT2D eigenvalue weighted by molar-refractivity contribution is -0.132. The number of carbonyl (C=O) groups is 2. The first-order valence-electron chi connectivity index (χ1n) is 12.7. The van der Waals surface area contributed by atoms with Gasteiger partial charge in [0.05, 0.1) is 18.7 Å². The molecule has 202 valence electrons. The van der Waals surface area contributed by atoms with Crippen LogP contribution in [0.15, 0.2) is 82.7 Å². The number of amides is 1. The number of anilines is 1. The quantitative estimate of drug-likeness (QED) is 0.0978. The fourth-order valence-electron chi connectivity index (χ4n) is 4.96. The molecular weight excluding hydrogens is 546 g/mol. The summed E-state index contributed by atoms with van der Waals surface area (Å²) in [5, 5.41) is 20.4. The molecule has 4 aromatic rings. The van der Waals surface area contributed by atoms with Gasteiger partial charge in [0.25, 0.3) is 5.78 Å². The van der Waals surface area contributed by atoms with E-state index in [1.54, 1.807) is 43.5 Å². The number of carbonyl (C=O) groups excluding carboxylic acids is 2. The standard InChI is InChI=1S/C30H25N3O5S2/c1-17-13-21-14-20(11-12-23(21)38-17)26(34)24-25(19-9-6-10-22(15-19)37-2)33(28(36)27(24)35)29-31-32-30(40-29)39-16-18-7-4-3-5-8-18/h3-12,14-15,17,25,34H,13,16H2,1-2H3/b26-24+. The van der Waals surface area contributed by atoms with Crippen LogP contribution in [0.5, 0.6) is 11.5 Å². The van der Waals surface area contributed by atoms with E-state index < -0.39 is 17.7 Å². The lowest BCUT2D eigenvalue weighted by atomic mass is 9.94. The average Bonchev–Trinajstić information content (AvgIpc) is 3.67. The van der Waals surface area contributed by atoms with Crippen LogP contribution in [-0.4, -0.2) is 40.2 Å². The van der Waals surface area contributed by atoms with Crippen LogP contribution >= 0.6 is 23.1 Å². The molecule has 1 amide bonds. The Kier molecular flexibility index (Phi) is 7.03. The molecule has 1 N–H and O–H groups in total. The van der Waals surface area contributed by atoms with Crippen molar-refractivity contribution >= 4 is 45.7 Å². The van der Waals surface area contributed by atoms with E-state index in [1.165, 1.54) is 28.0 Å². The minimum Gasteiger partial charge on any atom is -0.507 e. The van der Waals surface area contributed by atoms with Gasteiger partial charge in [0, 0.05) is 17.7 Å². The van der Waals surface area contributed by atoms with Crippen molar-refractivity contribution in [1.82, 2.24) is 10.2 Å². The molecule has 0 aliphatic carbocycles. The molecule has 3 heterocycles. The van der Waals surface area contributed by atoms with E-state index in [9.17, 15) is 14.7 Å². The summed E-state index contributed by atoms with van der Waals surface area (Å²) in [5.41, 5.74) is 3.10. The number of hydrogen-bond acceptors (Lipinski definition) is 9. The minimum atomic E-state index is -0.918. The van der Waals surface area contributed by atoms with Crippen LogP contribution in [0.25, 0.3) is 5.76 Å². The summed E-state index contributed by atoms with van der Waals surface area (Å²) < 4.78 is 11.9. The number of hydrogen-bond donors (Lipinski definition) is 1. The van der Waals surface area contributed by atoms with Gasteiger partial charge in [-0.1, -0.05) is 65.6 Å². The maximum Gasteiger partial charge on any atom is 0.301 e. The minimum absolute atomic E-state index is 0.0149. The first-order valence-corrected chi connectivity index (χ1v) is 14.5. The SMILES string of the molecule is COc1cccc(C2/C(=C(\O)c3ccc4c(c3)CC(C)O4)C(=O)C(=O)N2c2nnc(SCc3ccccc3)s2)c1. The first-order chi connectivity index (χ1) is 19.4. The second-order valence-corrected chi connectivity index (χ2v) is 11.7. The highest BCUT2D eigenvalue weighted by molar-refractivity contribution is 8.00. The third-order valence-electron chi connectivity index (χ3n) is 6.83. The van der Waals surface area contributed by atoms with Gasteiger partial charge in [-0.05, 0) is 53.9 Å². The third-order valence-corrected chi connectivity index (χ3v) is 8.96. The Hall–Kier alpha value is -4.15. The van der Waals surface area contributed by atoms with E-state index in [-0.39, 0.29) is 22.6 Å². The van der Waals surface area contributed by atoms with Gasteiger partial charge in [0.1, 0.15) is 23.4 Å². The molecule has 1 fully saturated rings. The monoisotopic (exact) mass is 571 g/mol. The van der Waals surface area contributed by atoms with Crippen molar-refractivity contribution in [3.8, 4) is 11.5 Å². The number of aliphatic hydroxyl groups excluding tert-OH is 1. The molecule has 10 heteroatoms. The lowest BCUT2D eigenvalue weighted by Gasteiger charge is -2.23. The summed E-state index contributed by atoms with van der Waals surface area (Å²) in [4.78, 5) is 28.4. The zero-order valence-electron chi connectivity index (χ0n) is 21.7. The maximum absolute atomic E-state index is 13.5. The summed E-state index contributed by atoms with van der Waals surface area (Å²) in [6, 6.07) is 21.5. The van der Waals surface area contributed by atoms with Gasteiger partial charge in [0.2, 0.25) is 5.13 Å². The Morgan fingerprint density at radius 3 is 2.73 bits per heavy atom. The van der Waals surface area contributed by atoms with E-state index in [1.807, 2.05) is 43.3 Å². The zero-order valence-corrected chi connectivity index (χ0v) is 23.4. The van der Waals surface area contributed by atoms with Crippen molar-refractivity contribution in [2.75, 3.05) is 12.0 Å². The number of ketones is 1. The predicted octanol–water partition coefficient (Wildman–Crippen LogP) is 5.79. The summed E-state index contributed by atoms with van der Waals surface area (Å²) in [7, 11) is 1.55. The number of methoxy groups -OCH3 is 1. The number of Topliss-reactive ketones (excluding diaryl/α,β-unsaturated/α-hetero) is 1. The molecule has 0 bridgehead atoms. The number of ether oxygens (including phenoxy) is 2. The number of benzene rings is 3. The molecule has 8 nitrogen and oxygen atoms in total. The van der Waals surface area contributed by atoms with Crippen LogP contribution in [0.3, 0.4) is 0 Å². The van der Waals surface area contributed by atoms with E-state index in [0.717, 1.165) is 16.9 Å². The number of thioether (sulfide) groups is 1. The third kappa shape index (κ3) is 4.84. The molecule has 2 unspecified atom stereocenters. The Morgan fingerprint density at radius 2 is 1.93 bits per heavy atom. The van der Waals surface area contributed by atoms with E-state index in [0.29, 0.717) is 33.4 Å². The van der Waals surface area contributed by atoms with Gasteiger partial charge in [-0.15, -0.1) is 10.2 Å². The van der Waals surface area contributed by atoms with Crippen LogP contribution in [0, 0.1) is 0 Å². The van der Waals surface area contributed by atoms with Crippen molar-refractivity contribution in [2.45, 2.75) is 35.6 Å². The molecular formula is C30H25N3O5S2. The van der Waals surface area contributed by atoms with Crippen LogP contribution in [0.1, 0.15) is 35.2 Å². The van der Waals surface area contributed by atoms with Crippen LogP contribution < -0.4 is 14.4 Å². The Morgan fingerprint density at radius 1 is 1.10 bits per heavy atom. The Bertz CT molecular complexity index is 1640. The molecule has 40 heavy (non-hydrogen) atoms.